The van der Waals surface area contributed by atoms with Gasteiger partial charge in [-0.05, 0) is 37.5 Å². The fourth-order valence-electron chi connectivity index (χ4n) is 3.85. The van der Waals surface area contributed by atoms with Crippen LogP contribution in [-0.4, -0.2) is 9.72 Å². The lowest BCUT2D eigenvalue weighted by molar-refractivity contribution is 0.427. The first-order chi connectivity index (χ1) is 13.4. The number of nitrogens with two attached hydrogens (primary N) is 1. The zero-order valence-electron chi connectivity index (χ0n) is 14.7. The van der Waals surface area contributed by atoms with Gasteiger partial charge in [-0.3, -0.25) is 4.79 Å². The van der Waals surface area contributed by atoms with Crippen LogP contribution in [0, 0.1) is 24.4 Å². The summed E-state index contributed by atoms with van der Waals surface area (Å²) in [5.41, 5.74) is 5.28. The highest BCUT2D eigenvalue weighted by atomic mass is 19.1. The van der Waals surface area contributed by atoms with Gasteiger partial charge in [0.2, 0.25) is 0 Å². The number of aryl methyl sites for hydroxylation is 1. The Morgan fingerprint density at radius 1 is 1.11 bits per heavy atom. The van der Waals surface area contributed by atoms with Gasteiger partial charge in [-0.1, -0.05) is 5.16 Å². The van der Waals surface area contributed by atoms with Crippen LogP contribution >= 0.6 is 0 Å². The van der Waals surface area contributed by atoms with Crippen molar-refractivity contribution in [2.24, 2.45) is 0 Å². The van der Waals surface area contributed by atoms with Crippen LogP contribution in [0.1, 0.15) is 24.4 Å². The number of aromatic nitrogens is 2. The molecule has 0 bridgehead atoms. The molecule has 142 valence electrons. The van der Waals surface area contributed by atoms with Crippen molar-refractivity contribution in [3.8, 4) is 11.1 Å². The highest BCUT2D eigenvalue weighted by Crippen LogP contribution is 2.41. The van der Waals surface area contributed by atoms with Crippen molar-refractivity contribution in [2.75, 3.05) is 5.73 Å². The van der Waals surface area contributed by atoms with Crippen LogP contribution in [-0.2, 0) is 0 Å². The summed E-state index contributed by atoms with van der Waals surface area (Å²) in [5, 5.41) is 4.59. The van der Waals surface area contributed by atoms with Crippen LogP contribution in [0.5, 0.6) is 0 Å². The van der Waals surface area contributed by atoms with E-state index in [-0.39, 0.29) is 33.9 Å². The molecule has 0 atom stereocenters. The SMILES string of the molecule is Cc1c(-c2cc(F)c(N)cc2F)c(F)cc2c3conc3c(=O)n(C3CC3)c12. The van der Waals surface area contributed by atoms with E-state index in [1.807, 2.05) is 0 Å². The minimum Gasteiger partial charge on any atom is -0.396 e. The third kappa shape index (κ3) is 2.20. The fourth-order valence-corrected chi connectivity index (χ4v) is 3.85. The van der Waals surface area contributed by atoms with Gasteiger partial charge in [-0.15, -0.1) is 0 Å². The van der Waals surface area contributed by atoms with E-state index in [9.17, 15) is 13.6 Å². The van der Waals surface area contributed by atoms with Crippen LogP contribution in [0.25, 0.3) is 32.9 Å². The van der Waals surface area contributed by atoms with Crippen molar-refractivity contribution in [1.29, 1.82) is 0 Å². The van der Waals surface area contributed by atoms with Crippen molar-refractivity contribution in [3.63, 3.8) is 0 Å². The fraction of sp³-hybridized carbons (Fsp3) is 0.200. The van der Waals surface area contributed by atoms with Gasteiger partial charge in [0.25, 0.3) is 5.56 Å². The van der Waals surface area contributed by atoms with E-state index < -0.39 is 17.5 Å². The number of nitrogen functional groups attached to an aromatic ring is 1. The monoisotopic (exact) mass is 385 g/mol. The van der Waals surface area contributed by atoms with E-state index in [4.69, 9.17) is 10.3 Å². The first-order valence-electron chi connectivity index (χ1n) is 8.74. The summed E-state index contributed by atoms with van der Waals surface area (Å²) < 4.78 is 50.1. The molecule has 2 heterocycles. The molecule has 0 aliphatic heterocycles. The smallest absolute Gasteiger partial charge is 0.281 e. The molecule has 0 amide bonds. The van der Waals surface area contributed by atoms with Crippen molar-refractivity contribution in [2.45, 2.75) is 25.8 Å². The molecule has 0 spiro atoms. The van der Waals surface area contributed by atoms with Gasteiger partial charge < -0.3 is 14.8 Å². The standard InChI is InChI=1S/C20H14F3N3O2/c1-8-17(11-5-14(22)16(24)6-13(11)21)15(23)4-10-12-7-28-25-18(12)20(27)26(19(8)10)9-2-3-9/h4-7,9H,2-3,24H2,1H3. The largest absolute Gasteiger partial charge is 0.396 e. The second-order valence-corrected chi connectivity index (χ2v) is 7.09. The summed E-state index contributed by atoms with van der Waals surface area (Å²) >= 11 is 0. The zero-order chi connectivity index (χ0) is 19.7. The van der Waals surface area contributed by atoms with Crippen molar-refractivity contribution in [1.82, 2.24) is 9.72 Å². The second kappa shape index (κ2) is 5.60. The maximum Gasteiger partial charge on any atom is 0.281 e. The highest BCUT2D eigenvalue weighted by Gasteiger charge is 2.30. The molecule has 0 saturated heterocycles. The predicted octanol–water partition coefficient (Wildman–Crippen LogP) is 4.45. The summed E-state index contributed by atoms with van der Waals surface area (Å²) in [7, 11) is 0. The Balaban J connectivity index is 1.96. The molecule has 28 heavy (non-hydrogen) atoms. The number of fused-ring (bicyclic) bond motifs is 3. The molecule has 1 aliphatic carbocycles. The first-order valence-corrected chi connectivity index (χ1v) is 8.74. The number of benzene rings is 2. The van der Waals surface area contributed by atoms with E-state index >= 15 is 4.39 Å². The van der Waals surface area contributed by atoms with E-state index in [2.05, 4.69) is 5.16 Å². The number of nitrogens with zero attached hydrogens (tertiary/aromatic N) is 2. The number of rotatable bonds is 2. The quantitative estimate of drug-likeness (QED) is 0.517. The summed E-state index contributed by atoms with van der Waals surface area (Å²) in [5.74, 6) is -2.42. The molecule has 1 aliphatic rings. The Bertz CT molecular complexity index is 1350. The lowest BCUT2D eigenvalue weighted by atomic mass is 9.95. The van der Waals surface area contributed by atoms with E-state index in [1.54, 1.807) is 11.5 Å². The minimum absolute atomic E-state index is 0.0406. The van der Waals surface area contributed by atoms with Crippen LogP contribution in [0.4, 0.5) is 18.9 Å². The molecule has 5 rings (SSSR count). The summed E-state index contributed by atoms with van der Waals surface area (Å²) in [6.45, 7) is 1.59. The zero-order valence-corrected chi connectivity index (χ0v) is 14.7. The van der Waals surface area contributed by atoms with Crippen LogP contribution in [0.3, 0.4) is 0 Å². The second-order valence-electron chi connectivity index (χ2n) is 7.09. The maximum absolute atomic E-state index is 15.1. The topological polar surface area (TPSA) is 74.1 Å². The lowest BCUT2D eigenvalue weighted by Gasteiger charge is -2.17. The third-order valence-electron chi connectivity index (χ3n) is 5.29. The van der Waals surface area contributed by atoms with Crippen molar-refractivity contribution < 1.29 is 17.7 Å². The van der Waals surface area contributed by atoms with E-state index in [0.29, 0.717) is 21.9 Å². The van der Waals surface area contributed by atoms with Gasteiger partial charge in [0.15, 0.2) is 5.52 Å². The molecule has 8 heteroatoms. The summed E-state index contributed by atoms with van der Waals surface area (Å²) in [6, 6.07) is 2.87. The minimum atomic E-state index is -0.843. The lowest BCUT2D eigenvalue weighted by Crippen LogP contribution is -2.21. The third-order valence-corrected chi connectivity index (χ3v) is 5.29. The molecule has 4 aromatic rings. The van der Waals surface area contributed by atoms with Gasteiger partial charge in [0.05, 0.1) is 16.6 Å². The molecular formula is C20H14F3N3O2. The Kier molecular flexibility index (Phi) is 3.37. The molecule has 1 fully saturated rings. The summed E-state index contributed by atoms with van der Waals surface area (Å²) in [4.78, 5) is 12.9. The van der Waals surface area contributed by atoms with Crippen molar-refractivity contribution >= 4 is 27.5 Å². The van der Waals surface area contributed by atoms with Crippen LogP contribution in [0.2, 0.25) is 0 Å². The van der Waals surface area contributed by atoms with E-state index in [0.717, 1.165) is 25.0 Å². The number of hydrogen-bond acceptors (Lipinski definition) is 4. The Hall–Kier alpha value is -3.29. The Morgan fingerprint density at radius 2 is 1.86 bits per heavy atom. The average molecular weight is 385 g/mol. The molecule has 0 unspecified atom stereocenters. The molecule has 2 N–H and O–H groups in total. The molecule has 5 nitrogen and oxygen atoms in total. The number of halogens is 3. The number of hydrogen-bond donors (Lipinski definition) is 1. The number of anilines is 1. The van der Waals surface area contributed by atoms with Crippen LogP contribution in [0.15, 0.2) is 33.8 Å². The van der Waals surface area contributed by atoms with Gasteiger partial charge in [0.1, 0.15) is 23.7 Å². The Labute approximate surface area is 156 Å². The predicted molar refractivity (Wildman–Crippen MR) is 98.5 cm³/mol. The van der Waals surface area contributed by atoms with Gasteiger partial charge in [-0.2, -0.15) is 0 Å². The number of pyridine rings is 1. The van der Waals surface area contributed by atoms with Gasteiger partial charge >= 0.3 is 0 Å². The first kappa shape index (κ1) is 16.9. The molecule has 0 radical (unpaired) electrons. The van der Waals surface area contributed by atoms with Gasteiger partial charge in [0, 0.05) is 28.6 Å². The normalized spacial score (nSPS) is 14.3. The highest BCUT2D eigenvalue weighted by molar-refractivity contribution is 6.06. The Morgan fingerprint density at radius 3 is 2.57 bits per heavy atom. The molecule has 2 aromatic heterocycles. The summed E-state index contributed by atoms with van der Waals surface area (Å²) in [6.07, 6.45) is 2.89. The maximum atomic E-state index is 15.1. The van der Waals surface area contributed by atoms with Gasteiger partial charge in [-0.25, -0.2) is 13.2 Å². The molecule has 2 aromatic carbocycles. The van der Waals surface area contributed by atoms with E-state index in [1.165, 1.54) is 12.3 Å². The molecule has 1 saturated carbocycles. The van der Waals surface area contributed by atoms with Crippen LogP contribution < -0.4 is 11.3 Å². The average Bonchev–Trinajstić information content (AvgIpc) is 3.35. The van der Waals surface area contributed by atoms with Crippen molar-refractivity contribution in [3.05, 3.63) is 57.8 Å². The molecular weight excluding hydrogens is 371 g/mol.